The Labute approximate surface area is 115 Å². The number of rotatable bonds is 5. The fourth-order valence-corrected chi connectivity index (χ4v) is 2.55. The van der Waals surface area contributed by atoms with Crippen LogP contribution in [0.4, 0.5) is 0 Å². The molecule has 0 saturated heterocycles. The number of amides is 1. The molecule has 0 bridgehead atoms. The van der Waals surface area contributed by atoms with E-state index in [2.05, 4.69) is 19.2 Å². The molecular weight excluding hydrogens is 238 g/mol. The van der Waals surface area contributed by atoms with Gasteiger partial charge in [-0.3, -0.25) is 4.79 Å². The number of nitrogens with one attached hydrogen (secondary N) is 1. The summed E-state index contributed by atoms with van der Waals surface area (Å²) < 4.78 is 5.18. The van der Waals surface area contributed by atoms with Crippen molar-refractivity contribution in [2.75, 3.05) is 7.11 Å². The lowest BCUT2D eigenvalue weighted by Gasteiger charge is -2.41. The van der Waals surface area contributed by atoms with Gasteiger partial charge in [0.05, 0.1) is 12.5 Å². The van der Waals surface area contributed by atoms with Gasteiger partial charge in [-0.05, 0) is 43.9 Å². The predicted octanol–water partition coefficient (Wildman–Crippen LogP) is 3.03. The van der Waals surface area contributed by atoms with Crippen LogP contribution in [0.5, 0.6) is 5.75 Å². The molecule has 0 spiro atoms. The van der Waals surface area contributed by atoms with Crippen molar-refractivity contribution < 1.29 is 9.53 Å². The molecule has 1 aliphatic rings. The fraction of sp³-hybridized carbons (Fsp3) is 0.562. The van der Waals surface area contributed by atoms with Crippen LogP contribution in [0.2, 0.25) is 0 Å². The van der Waals surface area contributed by atoms with Gasteiger partial charge in [0, 0.05) is 6.04 Å². The lowest BCUT2D eigenvalue weighted by Crippen LogP contribution is -2.51. The Kier molecular flexibility index (Phi) is 4.13. The molecule has 1 aliphatic carbocycles. The van der Waals surface area contributed by atoms with Gasteiger partial charge in [0.2, 0.25) is 5.91 Å². The molecule has 0 aliphatic heterocycles. The number of carbonyl (C=O) groups is 1. The molecule has 2 rings (SSSR count). The first kappa shape index (κ1) is 13.9. The van der Waals surface area contributed by atoms with Crippen LogP contribution in [-0.4, -0.2) is 19.1 Å². The van der Waals surface area contributed by atoms with Crippen LogP contribution in [0.15, 0.2) is 24.3 Å². The van der Waals surface area contributed by atoms with Gasteiger partial charge in [-0.15, -0.1) is 0 Å². The molecule has 0 heterocycles. The molecule has 1 saturated carbocycles. The minimum absolute atomic E-state index is 0.179. The normalized spacial score (nSPS) is 18.3. The molecule has 19 heavy (non-hydrogen) atoms. The highest BCUT2D eigenvalue weighted by Gasteiger charge is 2.45. The summed E-state index contributed by atoms with van der Waals surface area (Å²) >= 11 is 0. The van der Waals surface area contributed by atoms with E-state index in [4.69, 9.17) is 4.74 Å². The summed E-state index contributed by atoms with van der Waals surface area (Å²) in [6.07, 6.45) is 3.98. The molecular formula is C16H23NO2. The zero-order valence-electron chi connectivity index (χ0n) is 12.0. The van der Waals surface area contributed by atoms with Crippen molar-refractivity contribution in [2.24, 2.45) is 0 Å². The smallest absolute Gasteiger partial charge is 0.230 e. The average Bonchev–Trinajstić information content (AvgIpc) is 2.38. The quantitative estimate of drug-likeness (QED) is 0.884. The minimum atomic E-state index is -0.310. The van der Waals surface area contributed by atoms with Crippen molar-refractivity contribution in [3.63, 3.8) is 0 Å². The Morgan fingerprint density at radius 1 is 1.37 bits per heavy atom. The number of hydrogen-bond acceptors (Lipinski definition) is 2. The molecule has 104 valence electrons. The minimum Gasteiger partial charge on any atom is -0.497 e. The van der Waals surface area contributed by atoms with Crippen molar-refractivity contribution in [1.29, 1.82) is 0 Å². The van der Waals surface area contributed by atoms with Crippen LogP contribution in [-0.2, 0) is 10.2 Å². The third-order valence-electron chi connectivity index (χ3n) is 4.27. The topological polar surface area (TPSA) is 38.3 Å². The van der Waals surface area contributed by atoms with E-state index < -0.39 is 0 Å². The highest BCUT2D eigenvalue weighted by molar-refractivity contribution is 5.89. The summed E-state index contributed by atoms with van der Waals surface area (Å²) in [4.78, 5) is 12.5. The van der Waals surface area contributed by atoms with Gasteiger partial charge in [0.25, 0.3) is 0 Å². The second-order valence-corrected chi connectivity index (χ2v) is 5.45. The SMILES string of the molecule is CCC(C)NC(=O)C1(c2ccc(OC)cc2)CCC1. The molecule has 1 aromatic rings. The Morgan fingerprint density at radius 2 is 2.00 bits per heavy atom. The highest BCUT2D eigenvalue weighted by atomic mass is 16.5. The Balaban J connectivity index is 2.19. The van der Waals surface area contributed by atoms with Crippen molar-refractivity contribution in [3.8, 4) is 5.75 Å². The summed E-state index contributed by atoms with van der Waals surface area (Å²) in [7, 11) is 1.66. The largest absolute Gasteiger partial charge is 0.497 e. The lowest BCUT2D eigenvalue weighted by atomic mass is 9.63. The number of ether oxygens (including phenoxy) is 1. The van der Waals surface area contributed by atoms with Crippen LogP contribution >= 0.6 is 0 Å². The van der Waals surface area contributed by atoms with Crippen LogP contribution in [0.3, 0.4) is 0 Å². The lowest BCUT2D eigenvalue weighted by molar-refractivity contribution is -0.130. The summed E-state index contributed by atoms with van der Waals surface area (Å²) in [6.45, 7) is 4.14. The summed E-state index contributed by atoms with van der Waals surface area (Å²) in [6, 6.07) is 8.16. The van der Waals surface area contributed by atoms with Crippen LogP contribution < -0.4 is 10.1 Å². The van der Waals surface area contributed by atoms with E-state index in [1.165, 1.54) is 0 Å². The maximum Gasteiger partial charge on any atom is 0.230 e. The first-order chi connectivity index (χ1) is 9.12. The molecule has 1 fully saturated rings. The van der Waals surface area contributed by atoms with Crippen molar-refractivity contribution >= 4 is 5.91 Å². The molecule has 3 nitrogen and oxygen atoms in total. The van der Waals surface area contributed by atoms with Gasteiger partial charge in [0.1, 0.15) is 5.75 Å². The van der Waals surface area contributed by atoms with E-state index in [9.17, 15) is 4.79 Å². The maximum absolute atomic E-state index is 12.5. The molecule has 1 aromatic carbocycles. The van der Waals surface area contributed by atoms with Gasteiger partial charge in [-0.1, -0.05) is 25.5 Å². The number of methoxy groups -OCH3 is 1. The molecule has 3 heteroatoms. The van der Waals surface area contributed by atoms with Gasteiger partial charge in [-0.25, -0.2) is 0 Å². The van der Waals surface area contributed by atoms with Crippen LogP contribution in [0, 0.1) is 0 Å². The van der Waals surface area contributed by atoms with E-state index in [0.29, 0.717) is 0 Å². The summed E-state index contributed by atoms with van der Waals surface area (Å²) in [5.74, 6) is 1.01. The standard InChI is InChI=1S/C16H23NO2/c1-4-12(2)17-15(18)16(10-5-11-16)13-6-8-14(19-3)9-7-13/h6-9,12H,4-5,10-11H2,1-3H3,(H,17,18). The second kappa shape index (κ2) is 5.64. The van der Waals surface area contributed by atoms with Gasteiger partial charge < -0.3 is 10.1 Å². The van der Waals surface area contributed by atoms with E-state index in [1.54, 1.807) is 7.11 Å². The Bertz CT molecular complexity index is 435. The first-order valence-corrected chi connectivity index (χ1v) is 7.08. The third-order valence-corrected chi connectivity index (χ3v) is 4.27. The second-order valence-electron chi connectivity index (χ2n) is 5.45. The molecule has 0 radical (unpaired) electrons. The van der Waals surface area contributed by atoms with E-state index in [-0.39, 0.29) is 17.4 Å². The number of benzene rings is 1. The van der Waals surface area contributed by atoms with Gasteiger partial charge in [-0.2, -0.15) is 0 Å². The number of hydrogen-bond donors (Lipinski definition) is 1. The first-order valence-electron chi connectivity index (χ1n) is 7.08. The van der Waals surface area contributed by atoms with Crippen molar-refractivity contribution in [1.82, 2.24) is 5.32 Å². The summed E-state index contributed by atoms with van der Waals surface area (Å²) in [5, 5.41) is 3.13. The Hall–Kier alpha value is -1.51. The molecule has 0 aromatic heterocycles. The molecule has 1 N–H and O–H groups in total. The highest BCUT2D eigenvalue weighted by Crippen LogP contribution is 2.44. The third kappa shape index (κ3) is 2.60. The molecule has 1 amide bonds. The zero-order valence-corrected chi connectivity index (χ0v) is 12.0. The summed E-state index contributed by atoms with van der Waals surface area (Å²) in [5.41, 5.74) is 0.802. The monoisotopic (exact) mass is 261 g/mol. The van der Waals surface area contributed by atoms with E-state index in [1.807, 2.05) is 24.3 Å². The zero-order chi connectivity index (χ0) is 13.9. The van der Waals surface area contributed by atoms with Gasteiger partial charge >= 0.3 is 0 Å². The van der Waals surface area contributed by atoms with Gasteiger partial charge in [0.15, 0.2) is 0 Å². The van der Waals surface area contributed by atoms with E-state index in [0.717, 1.165) is 37.0 Å². The van der Waals surface area contributed by atoms with Crippen LogP contribution in [0.25, 0.3) is 0 Å². The average molecular weight is 261 g/mol. The Morgan fingerprint density at radius 3 is 2.42 bits per heavy atom. The van der Waals surface area contributed by atoms with E-state index >= 15 is 0 Å². The fourth-order valence-electron chi connectivity index (χ4n) is 2.55. The maximum atomic E-state index is 12.5. The predicted molar refractivity (Wildman–Crippen MR) is 76.4 cm³/mol. The molecule has 1 unspecified atom stereocenters. The van der Waals surface area contributed by atoms with Crippen molar-refractivity contribution in [3.05, 3.63) is 29.8 Å². The van der Waals surface area contributed by atoms with Crippen molar-refractivity contribution in [2.45, 2.75) is 51.0 Å². The number of carbonyl (C=O) groups excluding carboxylic acids is 1. The molecule has 1 atom stereocenters. The van der Waals surface area contributed by atoms with Crippen LogP contribution in [0.1, 0.15) is 45.1 Å².